The lowest BCUT2D eigenvalue weighted by atomic mass is 10.0. The van der Waals surface area contributed by atoms with Crippen molar-refractivity contribution < 1.29 is 19.1 Å². The maximum atomic E-state index is 12.4. The van der Waals surface area contributed by atoms with Crippen LogP contribution in [0.15, 0.2) is 78.9 Å². The van der Waals surface area contributed by atoms with Crippen molar-refractivity contribution in [1.82, 2.24) is 0 Å². The molecule has 5 nitrogen and oxygen atoms in total. The normalized spacial score (nSPS) is 10.2. The van der Waals surface area contributed by atoms with Crippen LogP contribution in [0.2, 0.25) is 0 Å². The molecule has 28 heavy (non-hydrogen) atoms. The fourth-order valence-electron chi connectivity index (χ4n) is 2.63. The summed E-state index contributed by atoms with van der Waals surface area (Å²) >= 11 is 0. The van der Waals surface area contributed by atoms with Crippen LogP contribution in [0.3, 0.4) is 0 Å². The molecule has 0 aliphatic carbocycles. The molecule has 0 aliphatic rings. The van der Waals surface area contributed by atoms with Gasteiger partial charge in [-0.1, -0.05) is 30.3 Å². The number of Topliss-reactive ketones (excluding diaryl/α,β-unsaturated/α-hetero) is 1. The Bertz CT molecular complexity index is 977. The van der Waals surface area contributed by atoms with E-state index < -0.39 is 0 Å². The highest BCUT2D eigenvalue weighted by Crippen LogP contribution is 2.16. The van der Waals surface area contributed by atoms with Gasteiger partial charge in [0.15, 0.2) is 18.2 Å². The first-order chi connectivity index (χ1) is 13.5. The number of rotatable bonds is 7. The third-order valence-electron chi connectivity index (χ3n) is 4.05. The molecule has 3 aromatic carbocycles. The topological polar surface area (TPSA) is 72.5 Å². The van der Waals surface area contributed by atoms with Crippen molar-refractivity contribution in [3.63, 3.8) is 0 Å². The third kappa shape index (κ3) is 4.92. The maximum absolute atomic E-state index is 12.4. The van der Waals surface area contributed by atoms with E-state index >= 15 is 0 Å². The van der Waals surface area contributed by atoms with Gasteiger partial charge in [0, 0.05) is 29.3 Å². The summed E-state index contributed by atoms with van der Waals surface area (Å²) in [6.07, 6.45) is 0. The van der Waals surface area contributed by atoms with Crippen molar-refractivity contribution in [2.24, 2.45) is 0 Å². The average molecular weight is 373 g/mol. The molecule has 0 saturated carbocycles. The molecular weight excluding hydrogens is 354 g/mol. The maximum Gasteiger partial charge on any atom is 0.221 e. The fourth-order valence-corrected chi connectivity index (χ4v) is 2.63. The Kier molecular flexibility index (Phi) is 5.97. The van der Waals surface area contributed by atoms with Crippen LogP contribution in [0.1, 0.15) is 33.2 Å². The Labute approximate surface area is 163 Å². The number of hydrogen-bond acceptors (Lipinski definition) is 4. The van der Waals surface area contributed by atoms with E-state index in [1.165, 1.54) is 6.92 Å². The number of ether oxygens (including phenoxy) is 1. The summed E-state index contributed by atoms with van der Waals surface area (Å²) in [6, 6.07) is 22.3. The fraction of sp³-hybridized carbons (Fsp3) is 0.0870. The number of carbonyl (C=O) groups is 3. The minimum atomic E-state index is -0.182. The summed E-state index contributed by atoms with van der Waals surface area (Å²) in [5.74, 6) is 0.0886. The third-order valence-corrected chi connectivity index (χ3v) is 4.05. The first kappa shape index (κ1) is 19.0. The monoisotopic (exact) mass is 373 g/mol. The van der Waals surface area contributed by atoms with Gasteiger partial charge in [0.2, 0.25) is 5.91 Å². The number of anilines is 1. The van der Waals surface area contributed by atoms with Crippen LogP contribution in [0, 0.1) is 0 Å². The predicted octanol–water partition coefficient (Wildman–Crippen LogP) is 4.14. The second-order valence-corrected chi connectivity index (χ2v) is 6.19. The van der Waals surface area contributed by atoms with Gasteiger partial charge in [-0.15, -0.1) is 0 Å². The molecule has 0 bridgehead atoms. The molecule has 0 saturated heterocycles. The predicted molar refractivity (Wildman–Crippen MR) is 107 cm³/mol. The Morgan fingerprint density at radius 2 is 1.32 bits per heavy atom. The van der Waals surface area contributed by atoms with Crippen molar-refractivity contribution in [1.29, 1.82) is 0 Å². The number of nitrogens with one attached hydrogen (secondary N) is 1. The van der Waals surface area contributed by atoms with E-state index in [4.69, 9.17) is 4.74 Å². The molecule has 3 rings (SSSR count). The van der Waals surface area contributed by atoms with E-state index in [0.717, 1.165) is 0 Å². The first-order valence-corrected chi connectivity index (χ1v) is 8.76. The minimum Gasteiger partial charge on any atom is -0.485 e. The summed E-state index contributed by atoms with van der Waals surface area (Å²) in [5.41, 5.74) is 2.29. The van der Waals surface area contributed by atoms with Crippen LogP contribution >= 0.6 is 0 Å². The summed E-state index contributed by atoms with van der Waals surface area (Å²) in [6.45, 7) is 1.30. The van der Waals surface area contributed by atoms with E-state index in [9.17, 15) is 14.4 Å². The van der Waals surface area contributed by atoms with Gasteiger partial charge < -0.3 is 10.1 Å². The zero-order valence-electron chi connectivity index (χ0n) is 15.3. The lowest BCUT2D eigenvalue weighted by Crippen LogP contribution is -2.12. The quantitative estimate of drug-likeness (QED) is 0.632. The minimum absolute atomic E-state index is 0.0671. The second-order valence-electron chi connectivity index (χ2n) is 6.19. The van der Waals surface area contributed by atoms with Crippen LogP contribution in [0.4, 0.5) is 5.69 Å². The Morgan fingerprint density at radius 3 is 1.93 bits per heavy atom. The number of carbonyl (C=O) groups excluding carboxylic acids is 3. The molecule has 0 spiro atoms. The Morgan fingerprint density at radius 1 is 0.750 bits per heavy atom. The van der Waals surface area contributed by atoms with Crippen molar-refractivity contribution in [2.75, 3.05) is 11.9 Å². The number of benzene rings is 3. The van der Waals surface area contributed by atoms with Crippen LogP contribution in [-0.4, -0.2) is 24.1 Å². The van der Waals surface area contributed by atoms with Gasteiger partial charge in [-0.2, -0.15) is 0 Å². The molecule has 5 heteroatoms. The molecule has 1 amide bonds. The molecule has 0 aromatic heterocycles. The smallest absolute Gasteiger partial charge is 0.221 e. The highest BCUT2D eigenvalue weighted by molar-refractivity contribution is 6.09. The number of hydrogen-bond donors (Lipinski definition) is 1. The summed E-state index contributed by atoms with van der Waals surface area (Å²) in [4.78, 5) is 35.6. The lowest BCUT2D eigenvalue weighted by Gasteiger charge is -2.08. The molecule has 0 atom stereocenters. The summed E-state index contributed by atoms with van der Waals surface area (Å²) in [5, 5.41) is 2.65. The molecule has 0 radical (unpaired) electrons. The van der Waals surface area contributed by atoms with Gasteiger partial charge >= 0.3 is 0 Å². The van der Waals surface area contributed by atoms with Gasteiger partial charge in [-0.3, -0.25) is 14.4 Å². The van der Waals surface area contributed by atoms with E-state index in [2.05, 4.69) is 5.32 Å². The molecular formula is C23H19NO4. The molecule has 0 aliphatic heterocycles. The molecule has 0 unspecified atom stereocenters. The van der Waals surface area contributed by atoms with E-state index in [-0.39, 0.29) is 24.1 Å². The van der Waals surface area contributed by atoms with Crippen LogP contribution < -0.4 is 10.1 Å². The van der Waals surface area contributed by atoms with Crippen molar-refractivity contribution in [3.8, 4) is 5.75 Å². The van der Waals surface area contributed by atoms with Gasteiger partial charge in [0.05, 0.1) is 0 Å². The van der Waals surface area contributed by atoms with Crippen LogP contribution in [-0.2, 0) is 4.79 Å². The SMILES string of the molecule is CC(=O)Nc1ccc(C(=O)COc2ccc(C(=O)c3ccccc3)cc2)cc1. The van der Waals surface area contributed by atoms with Crippen LogP contribution in [0.25, 0.3) is 0 Å². The number of ketones is 2. The van der Waals surface area contributed by atoms with Gasteiger partial charge in [0.25, 0.3) is 0 Å². The van der Waals surface area contributed by atoms with Gasteiger partial charge in [0.1, 0.15) is 5.75 Å². The standard InChI is InChI=1S/C23H19NO4/c1-16(25)24-20-11-7-17(8-12-20)22(26)15-28-21-13-9-19(10-14-21)23(27)18-5-3-2-4-6-18/h2-14H,15H2,1H3,(H,24,25). The Balaban J connectivity index is 1.58. The highest BCUT2D eigenvalue weighted by Gasteiger charge is 2.10. The van der Waals surface area contributed by atoms with E-state index in [1.54, 1.807) is 60.7 Å². The van der Waals surface area contributed by atoms with E-state index in [1.807, 2.05) is 18.2 Å². The molecule has 3 aromatic rings. The zero-order valence-corrected chi connectivity index (χ0v) is 15.3. The second kappa shape index (κ2) is 8.77. The molecule has 0 heterocycles. The van der Waals surface area contributed by atoms with E-state index in [0.29, 0.717) is 28.1 Å². The van der Waals surface area contributed by atoms with Gasteiger partial charge in [-0.25, -0.2) is 0 Å². The summed E-state index contributed by atoms with van der Waals surface area (Å²) < 4.78 is 5.53. The lowest BCUT2D eigenvalue weighted by molar-refractivity contribution is -0.114. The first-order valence-electron chi connectivity index (χ1n) is 8.76. The molecule has 140 valence electrons. The van der Waals surface area contributed by atoms with Gasteiger partial charge in [-0.05, 0) is 48.5 Å². The van der Waals surface area contributed by atoms with Crippen molar-refractivity contribution in [2.45, 2.75) is 6.92 Å². The largest absolute Gasteiger partial charge is 0.485 e. The highest BCUT2D eigenvalue weighted by atomic mass is 16.5. The summed E-state index contributed by atoms with van der Waals surface area (Å²) in [7, 11) is 0. The molecule has 1 N–H and O–H groups in total. The van der Waals surface area contributed by atoms with Crippen LogP contribution in [0.5, 0.6) is 5.75 Å². The Hall–Kier alpha value is -3.73. The average Bonchev–Trinajstić information content (AvgIpc) is 2.72. The number of amides is 1. The molecule has 0 fully saturated rings. The van der Waals surface area contributed by atoms with Crippen molar-refractivity contribution in [3.05, 3.63) is 95.6 Å². The zero-order chi connectivity index (χ0) is 19.9. The van der Waals surface area contributed by atoms with Crippen molar-refractivity contribution >= 4 is 23.2 Å².